The molecule has 0 fully saturated rings. The van der Waals surface area contributed by atoms with E-state index in [-0.39, 0.29) is 32.5 Å². The van der Waals surface area contributed by atoms with Gasteiger partial charge in [-0.05, 0) is 278 Å². The lowest BCUT2D eigenvalue weighted by atomic mass is 9.86. The van der Waals surface area contributed by atoms with Crippen molar-refractivity contribution < 1.29 is 14.2 Å². The minimum Gasteiger partial charge on any atom is -0.453 e. The second kappa shape index (κ2) is 30.0. The highest BCUT2D eigenvalue weighted by molar-refractivity contribution is 5.94. The third kappa shape index (κ3) is 15.6. The number of nitrogens with zero attached hydrogens (tertiary/aromatic N) is 4. The molecule has 121 heavy (non-hydrogen) atoms. The largest absolute Gasteiger partial charge is 0.453 e. The molecule has 0 saturated carbocycles. The van der Waals surface area contributed by atoms with E-state index in [4.69, 9.17) is 14.2 Å². The molecule has 3 aliphatic heterocycles. The normalized spacial score (nSPS) is 13.2. The zero-order valence-corrected chi connectivity index (χ0v) is 73.2. The summed E-state index contributed by atoms with van der Waals surface area (Å²) in [6.07, 6.45) is 0. The number of ether oxygens (including phenoxy) is 3. The van der Waals surface area contributed by atoms with Crippen molar-refractivity contribution in [2.75, 3.05) is 19.6 Å². The van der Waals surface area contributed by atoms with Gasteiger partial charge in [0.15, 0.2) is 34.5 Å². The fourth-order valence-corrected chi connectivity index (χ4v) is 17.0. The number of anilines is 12. The van der Waals surface area contributed by atoms with E-state index in [1.807, 2.05) is 0 Å². The monoisotopic (exact) mass is 1580 g/mol. The summed E-state index contributed by atoms with van der Waals surface area (Å²) >= 11 is 0. The number of hydrogen-bond donors (Lipinski definition) is 0. The van der Waals surface area contributed by atoms with Crippen LogP contribution in [0.3, 0.4) is 0 Å². The van der Waals surface area contributed by atoms with Crippen LogP contribution in [0, 0.1) is 0 Å². The van der Waals surface area contributed by atoms with Crippen molar-refractivity contribution >= 4 is 68.2 Å². The number of hydrogen-bond acceptors (Lipinski definition) is 7. The molecule has 0 saturated heterocycles. The lowest BCUT2D eigenvalue weighted by molar-refractivity contribution is 0.477. The van der Waals surface area contributed by atoms with Gasteiger partial charge in [0.25, 0.3) is 0 Å². The van der Waals surface area contributed by atoms with Crippen LogP contribution in [-0.4, -0.2) is 0 Å². The Hall–Kier alpha value is -13.1. The molecule has 15 aromatic carbocycles. The lowest BCUT2D eigenvalue weighted by Gasteiger charge is -2.34. The summed E-state index contributed by atoms with van der Waals surface area (Å²) in [5.74, 6) is 4.76. The van der Waals surface area contributed by atoms with Crippen molar-refractivity contribution in [2.24, 2.45) is 0 Å². The molecule has 602 valence electrons. The maximum Gasteiger partial charge on any atom is 0.152 e. The average molecular weight is 1580 g/mol. The van der Waals surface area contributed by atoms with Crippen LogP contribution in [0.1, 0.15) is 158 Å². The Kier molecular flexibility index (Phi) is 19.6. The maximum atomic E-state index is 7.12. The summed E-state index contributed by atoms with van der Waals surface area (Å²) in [6.45, 7) is 40.7. The van der Waals surface area contributed by atoms with E-state index < -0.39 is 0 Å². The topological polar surface area (TPSA) is 40.7 Å². The van der Waals surface area contributed by atoms with Gasteiger partial charge in [0.1, 0.15) is 0 Å². The van der Waals surface area contributed by atoms with Crippen molar-refractivity contribution in [2.45, 2.75) is 157 Å². The molecule has 3 heterocycles. The third-order valence-electron chi connectivity index (χ3n) is 24.5. The van der Waals surface area contributed by atoms with Gasteiger partial charge in [0.05, 0.1) is 34.1 Å². The van der Waals surface area contributed by atoms with Gasteiger partial charge in [-0.25, -0.2) is 0 Å². The third-order valence-corrected chi connectivity index (χ3v) is 24.5. The van der Waals surface area contributed by atoms with Crippen molar-refractivity contribution in [3.8, 4) is 101 Å². The van der Waals surface area contributed by atoms with Gasteiger partial charge in [-0.2, -0.15) is 0 Å². The first kappa shape index (κ1) is 79.0. The molecule has 7 heteroatoms. The molecule has 0 unspecified atom stereocenters. The van der Waals surface area contributed by atoms with E-state index >= 15 is 0 Å². The van der Waals surface area contributed by atoms with Crippen LogP contribution in [0.5, 0.6) is 34.5 Å². The Morgan fingerprint density at radius 1 is 0.165 bits per heavy atom. The van der Waals surface area contributed by atoms with Crippen LogP contribution in [0.2, 0.25) is 0 Å². The first-order valence-corrected chi connectivity index (χ1v) is 42.7. The molecule has 18 rings (SSSR count). The van der Waals surface area contributed by atoms with E-state index in [2.05, 4.69) is 472 Å². The lowest BCUT2D eigenvalue weighted by Crippen LogP contribution is -2.17. The highest BCUT2D eigenvalue weighted by Crippen LogP contribution is 2.57. The highest BCUT2D eigenvalue weighted by atomic mass is 16.5. The van der Waals surface area contributed by atoms with Crippen molar-refractivity contribution in [1.82, 2.24) is 0 Å². The molecule has 0 radical (unpaired) electrons. The summed E-state index contributed by atoms with van der Waals surface area (Å²) in [5.41, 5.74) is 33.1. The quantitative estimate of drug-likeness (QED) is 0.121. The van der Waals surface area contributed by atoms with Gasteiger partial charge >= 0.3 is 0 Å². The van der Waals surface area contributed by atoms with Crippen molar-refractivity contribution in [3.63, 3.8) is 0 Å². The maximum absolute atomic E-state index is 7.12. The molecule has 0 aliphatic carbocycles. The number of rotatable bonds is 12. The van der Waals surface area contributed by atoms with Crippen LogP contribution in [0.15, 0.2) is 328 Å². The Balaban J connectivity index is 0.705. The second-order valence-electron chi connectivity index (χ2n) is 39.3. The molecular formula is C114H108N4O3. The molecule has 15 aromatic rings. The van der Waals surface area contributed by atoms with E-state index in [1.54, 1.807) is 0 Å². The molecule has 7 nitrogen and oxygen atoms in total. The molecule has 0 N–H and O–H groups in total. The first-order valence-electron chi connectivity index (χ1n) is 42.7. The van der Waals surface area contributed by atoms with Crippen LogP contribution >= 0.6 is 0 Å². The molecule has 0 amide bonds. The molecule has 0 bridgehead atoms. The zero-order valence-electron chi connectivity index (χ0n) is 73.2. The number of benzene rings is 15. The first-order chi connectivity index (χ1) is 57.7. The van der Waals surface area contributed by atoms with Gasteiger partial charge in [0, 0.05) is 34.1 Å². The summed E-state index contributed by atoms with van der Waals surface area (Å²) in [7, 11) is 0. The molecule has 3 aliphatic rings. The van der Waals surface area contributed by atoms with Gasteiger partial charge in [-0.1, -0.05) is 307 Å². The Morgan fingerprint density at radius 3 is 0.463 bits per heavy atom. The van der Waals surface area contributed by atoms with Crippen LogP contribution in [-0.2, 0) is 32.5 Å². The fraction of sp³-hybridized carbons (Fsp3) is 0.211. The molecule has 0 aromatic heterocycles. The van der Waals surface area contributed by atoms with Gasteiger partial charge in [0.2, 0.25) is 0 Å². The van der Waals surface area contributed by atoms with E-state index in [1.165, 1.54) is 33.4 Å². The Labute approximate surface area is 716 Å². The second-order valence-corrected chi connectivity index (χ2v) is 39.3. The van der Waals surface area contributed by atoms with Gasteiger partial charge < -0.3 is 33.8 Å². The van der Waals surface area contributed by atoms with Crippen LogP contribution in [0.4, 0.5) is 68.2 Å². The van der Waals surface area contributed by atoms with E-state index in [0.29, 0.717) is 0 Å². The average Bonchev–Trinajstić information content (AvgIpc) is 0.753. The van der Waals surface area contributed by atoms with E-state index in [9.17, 15) is 0 Å². The molecule has 0 spiro atoms. The number of fused-ring (bicyclic) bond motifs is 6. The predicted molar refractivity (Wildman–Crippen MR) is 510 cm³/mol. The summed E-state index contributed by atoms with van der Waals surface area (Å²) < 4.78 is 21.4. The Morgan fingerprint density at radius 2 is 0.306 bits per heavy atom. The zero-order chi connectivity index (χ0) is 84.4. The molecule has 0 atom stereocenters. The highest BCUT2D eigenvalue weighted by Gasteiger charge is 2.33. The standard InChI is InChI=1S/C114H108N4O3/c1-109(2,3)85-37-19-73(20-38-85)79-31-61-97-103(67-79)119-106-70-82(34-64-100(106)116(97)94-55-43-88(44-56-94)112(10,11)12)76-25-49-91(50-26-76)115(92-51-27-77(28-52-92)83-35-65-101-107(71-83)120-104-68-80(74-21-39-86(40-22-74)110(4,5)6)32-62-98(104)117(101)95-57-45-89(46-58-95)113(13,14)15)93-53-29-78(30-54-93)84-36-66-102-108(72-84)121-105-69-81(75-23-41-87(42-24-75)111(7,8)9)33-63-99(105)118(102)96-59-47-90(48-60-96)114(16,17)18/h19-72H,1-18H3. The Bertz CT molecular complexity index is 5770. The SMILES string of the molecule is CC(C)(C)c1ccc(-c2ccc3c(c2)Oc2cc(-c4ccc(N(c5ccc(-c6ccc7c(c6)Oc6cc(-c8ccc(C(C)(C)C)cc8)ccc6N7c6ccc(C(C)(C)C)cc6)cc5)c5ccc(-c6ccc7c(c6)Oc6cc(-c8ccc(C(C)(C)C)cc8)ccc6N7c6ccc(C(C)(C)C)cc6)cc5)cc4)ccc2N3c2ccc(C(C)(C)C)cc2)cc1. The smallest absolute Gasteiger partial charge is 0.152 e. The van der Waals surface area contributed by atoms with Gasteiger partial charge in [-0.15, -0.1) is 0 Å². The van der Waals surface area contributed by atoms with Crippen molar-refractivity contribution in [1.29, 1.82) is 0 Å². The minimum atomic E-state index is 0.00486. The van der Waals surface area contributed by atoms with Crippen LogP contribution in [0.25, 0.3) is 66.8 Å². The minimum absolute atomic E-state index is 0.00486. The van der Waals surface area contributed by atoms with Crippen molar-refractivity contribution in [3.05, 3.63) is 361 Å². The van der Waals surface area contributed by atoms with Gasteiger partial charge in [-0.3, -0.25) is 0 Å². The summed E-state index contributed by atoms with van der Waals surface area (Å²) in [6, 6.07) is 121. The predicted octanol–water partition coefficient (Wildman–Crippen LogP) is 33.7. The van der Waals surface area contributed by atoms with E-state index in [0.717, 1.165) is 170 Å². The van der Waals surface area contributed by atoms with Crippen LogP contribution < -0.4 is 33.8 Å². The fourth-order valence-electron chi connectivity index (χ4n) is 17.0. The summed E-state index contributed by atoms with van der Waals surface area (Å²) in [4.78, 5) is 9.40. The summed E-state index contributed by atoms with van der Waals surface area (Å²) in [5, 5.41) is 0. The molecular weight excluding hydrogens is 1470 g/mol.